The zero-order chi connectivity index (χ0) is 11.4. The van der Waals surface area contributed by atoms with Crippen molar-refractivity contribution in [1.29, 1.82) is 0 Å². The Morgan fingerprint density at radius 1 is 1.47 bits per heavy atom. The van der Waals surface area contributed by atoms with Gasteiger partial charge in [0, 0.05) is 5.56 Å². The zero-order valence-corrected chi connectivity index (χ0v) is 9.89. The van der Waals surface area contributed by atoms with Crippen LogP contribution in [0.4, 0.5) is 5.82 Å². The summed E-state index contributed by atoms with van der Waals surface area (Å²) in [5.41, 5.74) is 0.830. The molecule has 0 saturated heterocycles. The van der Waals surface area contributed by atoms with E-state index in [2.05, 4.69) is 21.2 Å². The summed E-state index contributed by atoms with van der Waals surface area (Å²) in [7, 11) is 0. The van der Waals surface area contributed by atoms with Crippen LogP contribution >= 0.6 is 11.6 Å². The van der Waals surface area contributed by atoms with Gasteiger partial charge in [-0.2, -0.15) is 0 Å². The van der Waals surface area contributed by atoms with Crippen molar-refractivity contribution in [3.63, 3.8) is 0 Å². The van der Waals surface area contributed by atoms with Gasteiger partial charge in [-0.05, 0) is 20.3 Å². The molecule has 4 heteroatoms. The first-order chi connectivity index (χ1) is 7.08. The fourth-order valence-corrected chi connectivity index (χ4v) is 1.37. The van der Waals surface area contributed by atoms with Crippen LogP contribution in [0.5, 0.6) is 0 Å². The van der Waals surface area contributed by atoms with Gasteiger partial charge in [-0.1, -0.05) is 24.4 Å². The van der Waals surface area contributed by atoms with Crippen LogP contribution in [0.1, 0.15) is 24.7 Å². The molecule has 0 aliphatic rings. The van der Waals surface area contributed by atoms with E-state index >= 15 is 0 Å². The minimum atomic E-state index is -0.0194. The maximum Gasteiger partial charge on any atom is 0.137 e. The molecule has 0 amide bonds. The molecule has 1 N–H and O–H groups in total. The lowest BCUT2D eigenvalue weighted by Crippen LogP contribution is -2.18. The Morgan fingerprint density at radius 3 is 2.67 bits per heavy atom. The first-order valence-corrected chi connectivity index (χ1v) is 5.19. The number of aromatic nitrogens is 2. The van der Waals surface area contributed by atoms with E-state index in [9.17, 15) is 0 Å². The van der Waals surface area contributed by atoms with Crippen molar-refractivity contribution >= 4 is 17.4 Å². The zero-order valence-electron chi connectivity index (χ0n) is 9.13. The molecule has 0 spiro atoms. The first kappa shape index (κ1) is 11.8. The van der Waals surface area contributed by atoms with Crippen LogP contribution in [-0.2, 0) is 0 Å². The molecule has 3 nitrogen and oxygen atoms in total. The highest BCUT2D eigenvalue weighted by Crippen LogP contribution is 2.20. The van der Waals surface area contributed by atoms with Crippen molar-refractivity contribution < 1.29 is 0 Å². The van der Waals surface area contributed by atoms with Crippen LogP contribution in [-0.4, -0.2) is 16.0 Å². The number of hydrogen-bond donors (Lipinski definition) is 1. The third-order valence-electron chi connectivity index (χ3n) is 2.12. The van der Waals surface area contributed by atoms with Gasteiger partial charge in [0.25, 0.3) is 0 Å². The van der Waals surface area contributed by atoms with E-state index in [0.717, 1.165) is 17.8 Å². The van der Waals surface area contributed by atoms with Gasteiger partial charge in [0.1, 0.15) is 16.8 Å². The Bertz CT molecular complexity index is 396. The summed E-state index contributed by atoms with van der Waals surface area (Å²) >= 11 is 5.95. The van der Waals surface area contributed by atoms with Crippen LogP contribution in [0.15, 0.2) is 0 Å². The molecular weight excluding hydrogens is 210 g/mol. The third kappa shape index (κ3) is 2.84. The van der Waals surface area contributed by atoms with Gasteiger partial charge in [-0.3, -0.25) is 0 Å². The standard InChI is InChI=1S/C11H14ClN3/c1-5-9(6-2)15-11-7(3)10(12)13-8(4)14-11/h1,9H,6H2,2-4H3,(H,13,14,15). The van der Waals surface area contributed by atoms with E-state index in [0.29, 0.717) is 11.0 Å². The molecule has 0 saturated carbocycles. The molecule has 0 radical (unpaired) electrons. The SMILES string of the molecule is C#CC(CC)Nc1nc(C)nc(Cl)c1C. The summed E-state index contributed by atoms with van der Waals surface area (Å²) in [5.74, 6) is 4.01. The number of aryl methyl sites for hydroxylation is 1. The highest BCUT2D eigenvalue weighted by atomic mass is 35.5. The van der Waals surface area contributed by atoms with Gasteiger partial charge in [0.05, 0.1) is 6.04 Å². The lowest BCUT2D eigenvalue weighted by atomic mass is 10.2. The lowest BCUT2D eigenvalue weighted by Gasteiger charge is -2.14. The molecule has 1 atom stereocenters. The van der Waals surface area contributed by atoms with Crippen LogP contribution in [0.2, 0.25) is 5.15 Å². The summed E-state index contributed by atoms with van der Waals surface area (Å²) < 4.78 is 0. The molecule has 0 aliphatic heterocycles. The highest BCUT2D eigenvalue weighted by Gasteiger charge is 2.09. The number of terminal acetylenes is 1. The third-order valence-corrected chi connectivity index (χ3v) is 2.49. The Balaban J connectivity index is 3.00. The van der Waals surface area contributed by atoms with Gasteiger partial charge < -0.3 is 5.32 Å². The second-order valence-corrected chi connectivity index (χ2v) is 3.67. The Kier molecular flexibility index (Phi) is 3.93. The molecule has 1 aromatic rings. The van der Waals surface area contributed by atoms with E-state index in [1.54, 1.807) is 6.92 Å². The summed E-state index contributed by atoms with van der Waals surface area (Å²) in [6.45, 7) is 5.68. The molecule has 0 bridgehead atoms. The van der Waals surface area contributed by atoms with E-state index in [1.807, 2.05) is 13.8 Å². The van der Waals surface area contributed by atoms with Gasteiger partial charge in [0.15, 0.2) is 0 Å². The number of halogens is 1. The predicted molar refractivity (Wildman–Crippen MR) is 63.1 cm³/mol. The molecular formula is C11H14ClN3. The molecule has 0 fully saturated rings. The summed E-state index contributed by atoms with van der Waals surface area (Å²) in [5, 5.41) is 3.63. The fraction of sp³-hybridized carbons (Fsp3) is 0.455. The Hall–Kier alpha value is -1.27. The average molecular weight is 224 g/mol. The normalized spacial score (nSPS) is 11.9. The molecule has 1 heterocycles. The number of hydrogen-bond acceptors (Lipinski definition) is 3. The second kappa shape index (κ2) is 4.99. The fourth-order valence-electron chi connectivity index (χ4n) is 1.16. The number of nitrogens with one attached hydrogen (secondary N) is 1. The molecule has 1 rings (SSSR count). The smallest absolute Gasteiger partial charge is 0.137 e. The number of anilines is 1. The van der Waals surface area contributed by atoms with E-state index < -0.39 is 0 Å². The molecule has 0 aliphatic carbocycles. The van der Waals surface area contributed by atoms with E-state index in [-0.39, 0.29) is 6.04 Å². The maximum absolute atomic E-state index is 5.95. The molecule has 1 aromatic heterocycles. The highest BCUT2D eigenvalue weighted by molar-refractivity contribution is 6.30. The minimum absolute atomic E-state index is 0.0194. The topological polar surface area (TPSA) is 37.8 Å². The van der Waals surface area contributed by atoms with Crippen LogP contribution in [0.3, 0.4) is 0 Å². The summed E-state index contributed by atoms with van der Waals surface area (Å²) in [6, 6.07) is -0.0194. The van der Waals surface area contributed by atoms with Crippen molar-refractivity contribution in [2.24, 2.45) is 0 Å². The largest absolute Gasteiger partial charge is 0.356 e. The number of rotatable bonds is 3. The van der Waals surface area contributed by atoms with Crippen molar-refractivity contribution in [2.75, 3.05) is 5.32 Å². The first-order valence-electron chi connectivity index (χ1n) is 4.81. The van der Waals surface area contributed by atoms with Crippen molar-refractivity contribution in [3.05, 3.63) is 16.5 Å². The maximum atomic E-state index is 5.95. The molecule has 0 aromatic carbocycles. The van der Waals surface area contributed by atoms with Crippen molar-refractivity contribution in [2.45, 2.75) is 33.2 Å². The van der Waals surface area contributed by atoms with Gasteiger partial charge >= 0.3 is 0 Å². The quantitative estimate of drug-likeness (QED) is 0.632. The summed E-state index contributed by atoms with van der Waals surface area (Å²) in [4.78, 5) is 8.32. The van der Waals surface area contributed by atoms with Crippen LogP contribution in [0.25, 0.3) is 0 Å². The Labute approximate surface area is 95.3 Å². The summed E-state index contributed by atoms with van der Waals surface area (Å²) in [6.07, 6.45) is 6.21. The molecule has 15 heavy (non-hydrogen) atoms. The predicted octanol–water partition coefficient (Wildman–Crippen LogP) is 2.57. The molecule has 80 valence electrons. The van der Waals surface area contributed by atoms with Crippen LogP contribution < -0.4 is 5.32 Å². The van der Waals surface area contributed by atoms with Crippen molar-refractivity contribution in [1.82, 2.24) is 9.97 Å². The van der Waals surface area contributed by atoms with Crippen LogP contribution in [0, 0.1) is 26.2 Å². The average Bonchev–Trinajstić information content (AvgIpc) is 2.21. The van der Waals surface area contributed by atoms with Gasteiger partial charge in [-0.25, -0.2) is 9.97 Å². The lowest BCUT2D eigenvalue weighted by molar-refractivity contribution is 0.843. The van der Waals surface area contributed by atoms with E-state index in [4.69, 9.17) is 18.0 Å². The van der Waals surface area contributed by atoms with Gasteiger partial charge in [-0.15, -0.1) is 6.42 Å². The minimum Gasteiger partial charge on any atom is -0.356 e. The van der Waals surface area contributed by atoms with Gasteiger partial charge in [0.2, 0.25) is 0 Å². The van der Waals surface area contributed by atoms with E-state index in [1.165, 1.54) is 0 Å². The molecule has 1 unspecified atom stereocenters. The monoisotopic (exact) mass is 223 g/mol. The van der Waals surface area contributed by atoms with Crippen molar-refractivity contribution in [3.8, 4) is 12.3 Å². The number of nitrogens with zero attached hydrogens (tertiary/aromatic N) is 2. The second-order valence-electron chi connectivity index (χ2n) is 3.31. The Morgan fingerprint density at radius 2 is 2.13 bits per heavy atom.